The van der Waals surface area contributed by atoms with Crippen LogP contribution in [0.5, 0.6) is 0 Å². The molecule has 2 rings (SSSR count). The number of amides is 2. The standard InChI is InChI=1S/C20H26N4O3/c1-13(2)16(23-19(26)27-20(3,4)5)18(25)24-22-12-15-9-6-8-14-10-7-11-21-17(14)15/h6-13,16H,1-5H3,(H,23,26)(H,24,25)/t16-/m0/s1. The van der Waals surface area contributed by atoms with Gasteiger partial charge in [-0.15, -0.1) is 0 Å². The molecular formula is C20H26N4O3. The number of hydrazone groups is 1. The number of benzene rings is 1. The van der Waals surface area contributed by atoms with E-state index >= 15 is 0 Å². The summed E-state index contributed by atoms with van der Waals surface area (Å²) in [7, 11) is 0. The highest BCUT2D eigenvalue weighted by Gasteiger charge is 2.26. The highest BCUT2D eigenvalue weighted by molar-refractivity contribution is 5.97. The summed E-state index contributed by atoms with van der Waals surface area (Å²) in [6.45, 7) is 8.96. The third-order valence-corrected chi connectivity index (χ3v) is 3.66. The highest BCUT2D eigenvalue weighted by atomic mass is 16.6. The minimum Gasteiger partial charge on any atom is -0.444 e. The molecule has 1 atom stereocenters. The molecule has 0 spiro atoms. The topological polar surface area (TPSA) is 92.7 Å². The first-order valence-corrected chi connectivity index (χ1v) is 8.83. The number of nitrogens with one attached hydrogen (secondary N) is 2. The van der Waals surface area contributed by atoms with Gasteiger partial charge in [-0.05, 0) is 32.8 Å². The van der Waals surface area contributed by atoms with Crippen molar-refractivity contribution in [1.82, 2.24) is 15.7 Å². The number of para-hydroxylation sites is 1. The van der Waals surface area contributed by atoms with Crippen molar-refractivity contribution in [3.8, 4) is 0 Å². The summed E-state index contributed by atoms with van der Waals surface area (Å²) in [4.78, 5) is 28.7. The van der Waals surface area contributed by atoms with E-state index in [-0.39, 0.29) is 5.92 Å². The van der Waals surface area contributed by atoms with Gasteiger partial charge in [0, 0.05) is 17.1 Å². The quantitative estimate of drug-likeness (QED) is 0.624. The lowest BCUT2D eigenvalue weighted by atomic mass is 10.0. The summed E-state index contributed by atoms with van der Waals surface area (Å²) >= 11 is 0. The Morgan fingerprint density at radius 2 is 1.89 bits per heavy atom. The Balaban J connectivity index is 2.05. The molecule has 0 saturated carbocycles. The molecule has 2 N–H and O–H groups in total. The lowest BCUT2D eigenvalue weighted by Gasteiger charge is -2.24. The fourth-order valence-corrected chi connectivity index (χ4v) is 2.44. The summed E-state index contributed by atoms with van der Waals surface area (Å²) in [5, 5.41) is 7.60. The molecule has 0 aliphatic carbocycles. The fourth-order valence-electron chi connectivity index (χ4n) is 2.44. The second-order valence-corrected chi connectivity index (χ2v) is 7.52. The van der Waals surface area contributed by atoms with Crippen LogP contribution in [0.4, 0.5) is 4.79 Å². The van der Waals surface area contributed by atoms with Crippen molar-refractivity contribution >= 4 is 29.1 Å². The zero-order valence-electron chi connectivity index (χ0n) is 16.3. The molecule has 0 radical (unpaired) electrons. The maximum absolute atomic E-state index is 12.4. The van der Waals surface area contributed by atoms with Gasteiger partial charge >= 0.3 is 6.09 Å². The van der Waals surface area contributed by atoms with Crippen LogP contribution >= 0.6 is 0 Å². The number of hydrogen-bond donors (Lipinski definition) is 2. The van der Waals surface area contributed by atoms with E-state index in [4.69, 9.17) is 4.74 Å². The van der Waals surface area contributed by atoms with Crippen LogP contribution in [-0.2, 0) is 9.53 Å². The lowest BCUT2D eigenvalue weighted by Crippen LogP contribution is -2.49. The smallest absolute Gasteiger partial charge is 0.408 e. The van der Waals surface area contributed by atoms with Crippen LogP contribution in [0.25, 0.3) is 10.9 Å². The fraction of sp³-hybridized carbons (Fsp3) is 0.400. The van der Waals surface area contributed by atoms with Crippen LogP contribution in [0.1, 0.15) is 40.2 Å². The molecule has 27 heavy (non-hydrogen) atoms. The summed E-state index contributed by atoms with van der Waals surface area (Å²) < 4.78 is 5.21. The highest BCUT2D eigenvalue weighted by Crippen LogP contribution is 2.14. The molecule has 1 aromatic carbocycles. The SMILES string of the molecule is CC(C)[C@H](NC(=O)OC(C)(C)C)C(=O)NN=Cc1cccc2cccnc12. The van der Waals surface area contributed by atoms with E-state index in [1.54, 1.807) is 27.0 Å². The summed E-state index contributed by atoms with van der Waals surface area (Å²) in [5.41, 5.74) is 3.42. The predicted molar refractivity (Wildman–Crippen MR) is 105 cm³/mol. The molecule has 144 valence electrons. The molecule has 2 amide bonds. The van der Waals surface area contributed by atoms with Gasteiger partial charge in [-0.25, -0.2) is 10.2 Å². The van der Waals surface area contributed by atoms with Crippen LogP contribution in [0.2, 0.25) is 0 Å². The van der Waals surface area contributed by atoms with Gasteiger partial charge in [0.25, 0.3) is 5.91 Å². The first kappa shape index (κ1) is 20.4. The summed E-state index contributed by atoms with van der Waals surface area (Å²) in [6.07, 6.45) is 2.61. The van der Waals surface area contributed by atoms with Crippen molar-refractivity contribution in [2.24, 2.45) is 11.0 Å². The Kier molecular flexibility index (Phi) is 6.50. The monoisotopic (exact) mass is 370 g/mol. The van der Waals surface area contributed by atoms with E-state index in [9.17, 15) is 9.59 Å². The van der Waals surface area contributed by atoms with Crippen molar-refractivity contribution in [2.45, 2.75) is 46.3 Å². The molecule has 0 fully saturated rings. The number of rotatable bonds is 5. The number of ether oxygens (including phenoxy) is 1. The van der Waals surface area contributed by atoms with Crippen LogP contribution in [-0.4, -0.2) is 34.8 Å². The van der Waals surface area contributed by atoms with Gasteiger partial charge in [-0.3, -0.25) is 9.78 Å². The third-order valence-electron chi connectivity index (χ3n) is 3.66. The van der Waals surface area contributed by atoms with E-state index in [0.29, 0.717) is 0 Å². The largest absolute Gasteiger partial charge is 0.444 e. The Bertz CT molecular complexity index is 835. The van der Waals surface area contributed by atoms with Crippen molar-refractivity contribution in [2.75, 3.05) is 0 Å². The van der Waals surface area contributed by atoms with Crippen molar-refractivity contribution in [3.63, 3.8) is 0 Å². The van der Waals surface area contributed by atoms with Gasteiger partial charge in [0.15, 0.2) is 0 Å². The number of aromatic nitrogens is 1. The van der Waals surface area contributed by atoms with Gasteiger partial charge in [-0.2, -0.15) is 5.10 Å². The van der Waals surface area contributed by atoms with Gasteiger partial charge in [0.05, 0.1) is 11.7 Å². The molecule has 0 aliphatic rings. The first-order chi connectivity index (χ1) is 12.7. The molecule has 0 aliphatic heterocycles. The van der Waals surface area contributed by atoms with Gasteiger partial charge < -0.3 is 10.1 Å². The van der Waals surface area contributed by atoms with E-state index < -0.39 is 23.6 Å². The Hall–Kier alpha value is -2.96. The van der Waals surface area contributed by atoms with E-state index in [1.165, 1.54) is 6.21 Å². The van der Waals surface area contributed by atoms with Crippen molar-refractivity contribution in [1.29, 1.82) is 0 Å². The average Bonchev–Trinajstić information content (AvgIpc) is 2.58. The minimum atomic E-state index is -0.761. The van der Waals surface area contributed by atoms with Crippen LogP contribution in [0.3, 0.4) is 0 Å². The van der Waals surface area contributed by atoms with E-state index in [2.05, 4.69) is 20.8 Å². The predicted octanol–water partition coefficient (Wildman–Crippen LogP) is 3.23. The van der Waals surface area contributed by atoms with E-state index in [0.717, 1.165) is 16.5 Å². The summed E-state index contributed by atoms with van der Waals surface area (Å²) in [6, 6.07) is 8.77. The molecule has 1 heterocycles. The zero-order chi connectivity index (χ0) is 20.0. The zero-order valence-corrected chi connectivity index (χ0v) is 16.3. The number of pyridine rings is 1. The molecule has 0 saturated heterocycles. The van der Waals surface area contributed by atoms with Gasteiger partial charge in [-0.1, -0.05) is 38.1 Å². The number of carbonyl (C=O) groups is 2. The van der Waals surface area contributed by atoms with E-state index in [1.807, 2.05) is 44.2 Å². The second kappa shape index (κ2) is 8.62. The van der Waals surface area contributed by atoms with Crippen LogP contribution in [0.15, 0.2) is 41.6 Å². The summed E-state index contributed by atoms with van der Waals surface area (Å²) in [5.74, 6) is -0.549. The normalized spacial score (nSPS) is 13.0. The molecule has 1 aromatic heterocycles. The number of alkyl carbamates (subject to hydrolysis) is 1. The molecule has 0 bridgehead atoms. The molecule has 0 unspecified atom stereocenters. The second-order valence-electron chi connectivity index (χ2n) is 7.52. The molecular weight excluding hydrogens is 344 g/mol. The Morgan fingerprint density at radius 3 is 2.56 bits per heavy atom. The number of hydrogen-bond acceptors (Lipinski definition) is 5. The van der Waals surface area contributed by atoms with Crippen LogP contribution < -0.4 is 10.7 Å². The van der Waals surface area contributed by atoms with Crippen LogP contribution in [0, 0.1) is 5.92 Å². The third kappa shape index (κ3) is 6.06. The Labute approximate surface area is 159 Å². The maximum atomic E-state index is 12.4. The number of carbonyl (C=O) groups excluding carboxylic acids is 2. The average molecular weight is 370 g/mol. The molecule has 2 aromatic rings. The number of fused-ring (bicyclic) bond motifs is 1. The Morgan fingerprint density at radius 1 is 1.19 bits per heavy atom. The van der Waals surface area contributed by atoms with Crippen molar-refractivity contribution in [3.05, 3.63) is 42.1 Å². The van der Waals surface area contributed by atoms with Crippen molar-refractivity contribution < 1.29 is 14.3 Å². The number of nitrogens with zero attached hydrogens (tertiary/aromatic N) is 2. The lowest BCUT2D eigenvalue weighted by molar-refractivity contribution is -0.124. The van der Waals surface area contributed by atoms with Gasteiger partial charge in [0.1, 0.15) is 11.6 Å². The van der Waals surface area contributed by atoms with Gasteiger partial charge in [0.2, 0.25) is 0 Å². The molecule has 7 heteroatoms. The molecule has 7 nitrogen and oxygen atoms in total. The maximum Gasteiger partial charge on any atom is 0.408 e. The minimum absolute atomic E-state index is 0.132. The first-order valence-electron chi connectivity index (χ1n) is 8.83.